The molecule has 0 aromatic rings. The molecule has 0 radical (unpaired) electrons. The molecule has 0 aliphatic heterocycles. The molecule has 2 rings (SSSR count). The molecular weight excluding hydrogens is 220 g/mol. The summed E-state index contributed by atoms with van der Waals surface area (Å²) in [6.45, 7) is 8.04. The van der Waals surface area contributed by atoms with Gasteiger partial charge >= 0.3 is 0 Å². The quantitative estimate of drug-likeness (QED) is 0.788. The van der Waals surface area contributed by atoms with Gasteiger partial charge in [0, 0.05) is 13.1 Å². The van der Waals surface area contributed by atoms with Gasteiger partial charge in [0.15, 0.2) is 0 Å². The maximum Gasteiger partial charge on any atom is 0.00201 e. The third-order valence-electron chi connectivity index (χ3n) is 5.63. The number of hydrogen-bond acceptors (Lipinski definition) is 2. The third-order valence-corrected chi connectivity index (χ3v) is 5.63. The van der Waals surface area contributed by atoms with Crippen molar-refractivity contribution >= 4 is 0 Å². The zero-order valence-corrected chi connectivity index (χ0v) is 12.4. The Labute approximate surface area is 113 Å². The Balaban J connectivity index is 1.77. The second kappa shape index (κ2) is 5.92. The standard InChI is InChI=1S/C16H32N2/c1-14-5-9-16(11-17,10-6-14)13-18-12-15(2)7-3-4-8-15/h14,18H,3-13,17H2,1-2H3. The van der Waals surface area contributed by atoms with Gasteiger partial charge in [0.25, 0.3) is 0 Å². The summed E-state index contributed by atoms with van der Waals surface area (Å²) in [4.78, 5) is 0. The van der Waals surface area contributed by atoms with Gasteiger partial charge in [-0.15, -0.1) is 0 Å². The van der Waals surface area contributed by atoms with E-state index in [-0.39, 0.29) is 0 Å². The molecule has 3 N–H and O–H groups in total. The fourth-order valence-electron chi connectivity index (χ4n) is 3.86. The van der Waals surface area contributed by atoms with Crippen molar-refractivity contribution in [2.24, 2.45) is 22.5 Å². The summed E-state index contributed by atoms with van der Waals surface area (Å²) < 4.78 is 0. The first-order valence-corrected chi connectivity index (χ1v) is 7.98. The summed E-state index contributed by atoms with van der Waals surface area (Å²) in [6, 6.07) is 0. The van der Waals surface area contributed by atoms with Crippen LogP contribution in [0.2, 0.25) is 0 Å². The number of rotatable bonds is 5. The summed E-state index contributed by atoms with van der Waals surface area (Å²) in [7, 11) is 0. The van der Waals surface area contributed by atoms with Gasteiger partial charge in [-0.2, -0.15) is 0 Å². The summed E-state index contributed by atoms with van der Waals surface area (Å²) in [5.74, 6) is 0.914. The van der Waals surface area contributed by atoms with Crippen molar-refractivity contribution in [1.82, 2.24) is 5.32 Å². The molecule has 106 valence electrons. The van der Waals surface area contributed by atoms with Gasteiger partial charge in [0.05, 0.1) is 0 Å². The molecule has 0 saturated heterocycles. The third kappa shape index (κ3) is 3.48. The summed E-state index contributed by atoms with van der Waals surface area (Å²) >= 11 is 0. The van der Waals surface area contributed by atoms with Crippen LogP contribution < -0.4 is 11.1 Å². The fourth-order valence-corrected chi connectivity index (χ4v) is 3.86. The fraction of sp³-hybridized carbons (Fsp3) is 1.00. The molecule has 0 bridgehead atoms. The maximum absolute atomic E-state index is 6.07. The lowest BCUT2D eigenvalue weighted by atomic mass is 9.70. The largest absolute Gasteiger partial charge is 0.330 e. The molecule has 0 aromatic heterocycles. The van der Waals surface area contributed by atoms with Crippen molar-refractivity contribution in [1.29, 1.82) is 0 Å². The van der Waals surface area contributed by atoms with Gasteiger partial charge in [-0.1, -0.05) is 39.5 Å². The lowest BCUT2D eigenvalue weighted by Crippen LogP contribution is -2.45. The van der Waals surface area contributed by atoms with Crippen molar-refractivity contribution in [2.45, 2.75) is 65.2 Å². The minimum Gasteiger partial charge on any atom is -0.330 e. The molecule has 0 amide bonds. The average Bonchev–Trinajstić information content (AvgIpc) is 2.79. The van der Waals surface area contributed by atoms with Crippen LogP contribution in [0.5, 0.6) is 0 Å². The first-order chi connectivity index (χ1) is 8.58. The molecule has 0 spiro atoms. The highest BCUT2D eigenvalue weighted by molar-refractivity contribution is 4.89. The maximum atomic E-state index is 6.07. The summed E-state index contributed by atoms with van der Waals surface area (Å²) in [5, 5.41) is 3.76. The second-order valence-electron chi connectivity index (χ2n) is 7.51. The van der Waals surface area contributed by atoms with Gasteiger partial charge < -0.3 is 11.1 Å². The van der Waals surface area contributed by atoms with Crippen molar-refractivity contribution in [3.63, 3.8) is 0 Å². The first kappa shape index (κ1) is 14.3. The van der Waals surface area contributed by atoms with Crippen LogP contribution in [0.3, 0.4) is 0 Å². The molecule has 2 saturated carbocycles. The second-order valence-corrected chi connectivity index (χ2v) is 7.51. The smallest absolute Gasteiger partial charge is 0.00201 e. The van der Waals surface area contributed by atoms with Gasteiger partial charge in [-0.3, -0.25) is 0 Å². The Bertz CT molecular complexity index is 248. The minimum absolute atomic E-state index is 0.404. The predicted octanol–water partition coefficient (Wildman–Crippen LogP) is 3.31. The Kier molecular flexibility index (Phi) is 4.71. The highest BCUT2D eigenvalue weighted by Crippen LogP contribution is 2.39. The van der Waals surface area contributed by atoms with Crippen molar-refractivity contribution in [3.05, 3.63) is 0 Å². The molecule has 0 unspecified atom stereocenters. The van der Waals surface area contributed by atoms with E-state index in [4.69, 9.17) is 5.73 Å². The molecule has 2 fully saturated rings. The lowest BCUT2D eigenvalue weighted by molar-refractivity contribution is 0.152. The van der Waals surface area contributed by atoms with Crippen LogP contribution in [-0.4, -0.2) is 19.6 Å². The molecule has 2 heteroatoms. The normalized spacial score (nSPS) is 35.8. The highest BCUT2D eigenvalue weighted by atomic mass is 14.9. The van der Waals surface area contributed by atoms with Crippen LogP contribution >= 0.6 is 0 Å². The van der Waals surface area contributed by atoms with Crippen LogP contribution in [0.4, 0.5) is 0 Å². The van der Waals surface area contributed by atoms with Crippen LogP contribution in [0.15, 0.2) is 0 Å². The number of hydrogen-bond donors (Lipinski definition) is 2. The van der Waals surface area contributed by atoms with E-state index in [1.165, 1.54) is 57.9 Å². The molecule has 2 aliphatic rings. The first-order valence-electron chi connectivity index (χ1n) is 7.98. The molecular formula is C16H32N2. The van der Waals surface area contributed by atoms with E-state index in [0.717, 1.165) is 19.0 Å². The average molecular weight is 252 g/mol. The molecule has 0 heterocycles. The molecule has 18 heavy (non-hydrogen) atoms. The van der Waals surface area contributed by atoms with E-state index in [1.807, 2.05) is 0 Å². The lowest BCUT2D eigenvalue weighted by Gasteiger charge is -2.39. The zero-order chi connectivity index (χ0) is 13.1. The number of nitrogens with one attached hydrogen (secondary N) is 1. The zero-order valence-electron chi connectivity index (χ0n) is 12.4. The molecule has 0 aromatic carbocycles. The van der Waals surface area contributed by atoms with Crippen molar-refractivity contribution in [3.8, 4) is 0 Å². The molecule has 2 aliphatic carbocycles. The van der Waals surface area contributed by atoms with E-state index < -0.39 is 0 Å². The molecule has 0 atom stereocenters. The molecule has 2 nitrogen and oxygen atoms in total. The number of nitrogens with two attached hydrogens (primary N) is 1. The van der Waals surface area contributed by atoms with E-state index in [9.17, 15) is 0 Å². The SMILES string of the molecule is CC1CCC(CN)(CNCC2(C)CCCC2)CC1. The van der Waals surface area contributed by atoms with Crippen LogP contribution in [0.1, 0.15) is 65.2 Å². The van der Waals surface area contributed by atoms with Gasteiger partial charge in [-0.25, -0.2) is 0 Å². The van der Waals surface area contributed by atoms with E-state index in [0.29, 0.717) is 10.8 Å². The van der Waals surface area contributed by atoms with Crippen molar-refractivity contribution in [2.75, 3.05) is 19.6 Å². The van der Waals surface area contributed by atoms with Gasteiger partial charge in [0.2, 0.25) is 0 Å². The highest BCUT2D eigenvalue weighted by Gasteiger charge is 2.34. The summed E-state index contributed by atoms with van der Waals surface area (Å²) in [6.07, 6.45) is 11.1. The van der Waals surface area contributed by atoms with Gasteiger partial charge in [-0.05, 0) is 49.0 Å². The van der Waals surface area contributed by atoms with E-state index >= 15 is 0 Å². The minimum atomic E-state index is 0.404. The monoisotopic (exact) mass is 252 g/mol. The Morgan fingerprint density at radius 1 is 1.06 bits per heavy atom. The van der Waals surface area contributed by atoms with Crippen LogP contribution in [0.25, 0.3) is 0 Å². The predicted molar refractivity (Wildman–Crippen MR) is 78.6 cm³/mol. The van der Waals surface area contributed by atoms with E-state index in [2.05, 4.69) is 19.2 Å². The van der Waals surface area contributed by atoms with Crippen molar-refractivity contribution < 1.29 is 0 Å². The van der Waals surface area contributed by atoms with Crippen LogP contribution in [-0.2, 0) is 0 Å². The Hall–Kier alpha value is -0.0800. The Morgan fingerprint density at radius 2 is 1.67 bits per heavy atom. The topological polar surface area (TPSA) is 38.0 Å². The van der Waals surface area contributed by atoms with E-state index in [1.54, 1.807) is 0 Å². The Morgan fingerprint density at radius 3 is 2.22 bits per heavy atom. The van der Waals surface area contributed by atoms with Crippen LogP contribution in [0, 0.1) is 16.7 Å². The summed E-state index contributed by atoms with van der Waals surface area (Å²) in [5.41, 5.74) is 7.04. The van der Waals surface area contributed by atoms with Gasteiger partial charge in [0.1, 0.15) is 0 Å².